The van der Waals surface area contributed by atoms with Crippen LogP contribution in [0.1, 0.15) is 22.3 Å². The molecule has 2 N–H and O–H groups in total. The van der Waals surface area contributed by atoms with E-state index in [0.29, 0.717) is 24.5 Å². The molecular weight excluding hydrogens is 310 g/mol. The minimum absolute atomic E-state index is 0.0755. The summed E-state index contributed by atoms with van der Waals surface area (Å²) in [5.41, 5.74) is 1.67. The number of aliphatic carboxylic acids is 1. The van der Waals surface area contributed by atoms with Crippen LogP contribution in [0.3, 0.4) is 0 Å². The van der Waals surface area contributed by atoms with Crippen molar-refractivity contribution in [1.29, 1.82) is 0 Å². The van der Waals surface area contributed by atoms with Crippen molar-refractivity contribution in [2.75, 3.05) is 24.7 Å². The van der Waals surface area contributed by atoms with E-state index in [9.17, 15) is 9.59 Å². The number of nitrogens with one attached hydrogen (secondary N) is 1. The lowest BCUT2D eigenvalue weighted by Crippen LogP contribution is -2.26. The first-order valence-electron chi connectivity index (χ1n) is 6.67. The Balaban J connectivity index is 1.69. The Morgan fingerprint density at radius 3 is 2.90 bits per heavy atom. The van der Waals surface area contributed by atoms with E-state index in [0.717, 1.165) is 23.5 Å². The third-order valence-corrected chi connectivity index (χ3v) is 5.35. The van der Waals surface area contributed by atoms with Gasteiger partial charge in [-0.15, -0.1) is 0 Å². The molecule has 0 fully saturated rings. The molecule has 0 radical (unpaired) electrons. The van der Waals surface area contributed by atoms with Crippen molar-refractivity contribution < 1.29 is 19.4 Å². The van der Waals surface area contributed by atoms with Gasteiger partial charge in [0.1, 0.15) is 5.75 Å². The van der Waals surface area contributed by atoms with E-state index in [-0.39, 0.29) is 12.3 Å². The van der Waals surface area contributed by atoms with E-state index in [2.05, 4.69) is 5.32 Å². The predicted molar refractivity (Wildman–Crippen MR) is 85.1 cm³/mol. The Kier molecular flexibility index (Phi) is 6.25. The monoisotopic (exact) mass is 327 g/mol. The maximum Gasteiger partial charge on any atom is 0.304 e. The van der Waals surface area contributed by atoms with Gasteiger partial charge in [0.15, 0.2) is 0 Å². The Bertz CT molecular complexity index is 522. The first kappa shape index (κ1) is 16.0. The molecule has 1 aliphatic heterocycles. The highest BCUT2D eigenvalue weighted by Crippen LogP contribution is 2.28. The Morgan fingerprint density at radius 2 is 2.10 bits per heavy atom. The summed E-state index contributed by atoms with van der Waals surface area (Å²) < 4.78 is 5.44. The lowest BCUT2D eigenvalue weighted by Gasteiger charge is -2.08. The fraction of sp³-hybridized carbons (Fsp3) is 0.429. The highest BCUT2D eigenvalue weighted by molar-refractivity contribution is 8.76. The van der Waals surface area contributed by atoms with Crippen molar-refractivity contribution >= 4 is 33.5 Å². The van der Waals surface area contributed by atoms with Crippen LogP contribution in [-0.4, -0.2) is 41.6 Å². The van der Waals surface area contributed by atoms with Gasteiger partial charge in [-0.2, -0.15) is 0 Å². The van der Waals surface area contributed by atoms with Crippen molar-refractivity contribution in [3.8, 4) is 5.75 Å². The van der Waals surface area contributed by atoms with Crippen molar-refractivity contribution in [2.24, 2.45) is 0 Å². The summed E-state index contributed by atoms with van der Waals surface area (Å²) in [6.45, 7) is 1.20. The summed E-state index contributed by atoms with van der Waals surface area (Å²) in [6, 6.07) is 5.53. The fourth-order valence-electron chi connectivity index (χ4n) is 1.98. The van der Waals surface area contributed by atoms with Crippen molar-refractivity contribution in [3.63, 3.8) is 0 Å². The molecule has 0 spiro atoms. The quantitative estimate of drug-likeness (QED) is 0.563. The summed E-state index contributed by atoms with van der Waals surface area (Å²) in [5.74, 6) is 1.28. The van der Waals surface area contributed by atoms with Crippen molar-refractivity contribution in [2.45, 2.75) is 12.8 Å². The molecule has 1 aromatic carbocycles. The predicted octanol–water partition coefficient (Wildman–Crippen LogP) is 2.21. The molecule has 7 heteroatoms. The van der Waals surface area contributed by atoms with E-state index >= 15 is 0 Å². The number of rotatable bonds is 8. The Hall–Kier alpha value is -1.34. The number of carbonyl (C=O) groups excluding carboxylic acids is 1. The lowest BCUT2D eigenvalue weighted by atomic mass is 10.0. The van der Waals surface area contributed by atoms with Gasteiger partial charge in [-0.3, -0.25) is 9.59 Å². The van der Waals surface area contributed by atoms with Crippen molar-refractivity contribution in [1.82, 2.24) is 5.32 Å². The fourth-order valence-corrected chi connectivity index (χ4v) is 3.87. The third kappa shape index (κ3) is 4.86. The minimum atomic E-state index is -0.781. The minimum Gasteiger partial charge on any atom is -0.493 e. The zero-order valence-electron chi connectivity index (χ0n) is 11.5. The zero-order valence-corrected chi connectivity index (χ0v) is 13.1. The number of carboxylic acid groups (broad SMARTS) is 1. The summed E-state index contributed by atoms with van der Waals surface area (Å²) >= 11 is 0. The number of benzene rings is 1. The largest absolute Gasteiger partial charge is 0.493 e. The van der Waals surface area contributed by atoms with E-state index in [1.807, 2.05) is 18.2 Å². The van der Waals surface area contributed by atoms with Gasteiger partial charge < -0.3 is 15.2 Å². The topological polar surface area (TPSA) is 75.6 Å². The van der Waals surface area contributed by atoms with Crippen LogP contribution in [-0.2, 0) is 11.2 Å². The average molecular weight is 327 g/mol. The number of hydrogen-bond acceptors (Lipinski definition) is 5. The van der Waals surface area contributed by atoms with Gasteiger partial charge in [0.05, 0.1) is 13.0 Å². The van der Waals surface area contributed by atoms with Gasteiger partial charge in [0, 0.05) is 35.6 Å². The molecule has 21 heavy (non-hydrogen) atoms. The molecule has 0 atom stereocenters. The first-order chi connectivity index (χ1) is 10.2. The van der Waals surface area contributed by atoms with E-state index in [4.69, 9.17) is 9.84 Å². The number of amides is 1. The van der Waals surface area contributed by atoms with Crippen molar-refractivity contribution in [3.05, 3.63) is 29.3 Å². The summed E-state index contributed by atoms with van der Waals surface area (Å²) in [5, 5.41) is 11.4. The smallest absolute Gasteiger partial charge is 0.304 e. The molecule has 5 nitrogen and oxygen atoms in total. The second kappa shape index (κ2) is 8.19. The summed E-state index contributed by atoms with van der Waals surface area (Å²) in [6.07, 6.45) is 0.943. The summed E-state index contributed by atoms with van der Waals surface area (Å²) in [4.78, 5) is 22.5. The highest BCUT2D eigenvalue weighted by Gasteiger charge is 2.19. The zero-order chi connectivity index (χ0) is 15.1. The maximum absolute atomic E-state index is 12.1. The van der Waals surface area contributed by atoms with Crippen LogP contribution in [0.25, 0.3) is 0 Å². The van der Waals surface area contributed by atoms with Gasteiger partial charge in [-0.1, -0.05) is 27.7 Å². The molecule has 1 heterocycles. The molecule has 0 saturated carbocycles. The lowest BCUT2D eigenvalue weighted by molar-refractivity contribution is -0.136. The van der Waals surface area contributed by atoms with Crippen LogP contribution in [0.4, 0.5) is 0 Å². The van der Waals surface area contributed by atoms with E-state index in [1.165, 1.54) is 10.8 Å². The number of hydrogen-bond donors (Lipinski definition) is 2. The van der Waals surface area contributed by atoms with Gasteiger partial charge >= 0.3 is 5.97 Å². The number of ether oxygens (including phenoxy) is 1. The number of fused-ring (bicyclic) bond motifs is 1. The maximum atomic E-state index is 12.1. The molecule has 1 amide bonds. The van der Waals surface area contributed by atoms with Gasteiger partial charge in [-0.05, 0) is 12.1 Å². The summed E-state index contributed by atoms with van der Waals surface area (Å²) in [7, 11) is 3.09. The molecule has 0 bridgehead atoms. The molecule has 114 valence electrons. The average Bonchev–Trinajstić information content (AvgIpc) is 2.93. The highest BCUT2D eigenvalue weighted by atomic mass is 33.1. The van der Waals surface area contributed by atoms with Gasteiger partial charge in [0.2, 0.25) is 0 Å². The molecule has 2 rings (SSSR count). The van der Waals surface area contributed by atoms with E-state index < -0.39 is 5.97 Å². The second-order valence-electron chi connectivity index (χ2n) is 4.42. The molecular formula is C14H17NO4S2. The van der Waals surface area contributed by atoms with Gasteiger partial charge in [-0.25, -0.2) is 0 Å². The van der Waals surface area contributed by atoms with E-state index in [1.54, 1.807) is 10.8 Å². The molecule has 0 aromatic heterocycles. The van der Waals surface area contributed by atoms with Crippen LogP contribution < -0.4 is 10.1 Å². The first-order valence-corrected chi connectivity index (χ1v) is 9.16. The molecule has 1 aliphatic rings. The third-order valence-electron chi connectivity index (χ3n) is 2.94. The van der Waals surface area contributed by atoms with Crippen LogP contribution in [0.15, 0.2) is 18.2 Å². The molecule has 0 unspecified atom stereocenters. The van der Waals surface area contributed by atoms with Gasteiger partial charge in [0.25, 0.3) is 5.91 Å². The normalized spacial score (nSPS) is 12.6. The van der Waals surface area contributed by atoms with Crippen LogP contribution >= 0.6 is 21.6 Å². The number of carbonyl (C=O) groups is 2. The molecule has 1 aromatic rings. The Morgan fingerprint density at radius 1 is 1.29 bits per heavy atom. The van der Waals surface area contributed by atoms with Crippen LogP contribution in [0, 0.1) is 0 Å². The number of carboxylic acids is 1. The van der Waals surface area contributed by atoms with Crippen LogP contribution in [0.2, 0.25) is 0 Å². The van der Waals surface area contributed by atoms with Crippen LogP contribution in [0.5, 0.6) is 5.75 Å². The molecule has 0 aliphatic carbocycles. The standard InChI is InChI=1S/C14H17NO4S2/c16-13(17)5-8-20-21-9-6-15-14(18)11-2-1-3-12-10(11)4-7-19-12/h1-3H,4-9H2,(H,15,18)(H,16,17). The SMILES string of the molecule is O=C(O)CCSSCCNC(=O)c1cccc2c1CCO2. The second-order valence-corrected chi connectivity index (χ2v) is 7.13. The molecule has 0 saturated heterocycles. The Labute approximate surface area is 131 Å².